The smallest absolute Gasteiger partial charge is 0.348 e. The minimum absolute atomic E-state index is 0.00703. The lowest BCUT2D eigenvalue weighted by Gasteiger charge is -2.21. The van der Waals surface area contributed by atoms with Crippen molar-refractivity contribution in [3.8, 4) is 0 Å². The third kappa shape index (κ3) is 14.4. The molecule has 78 heavy (non-hydrogen) atoms. The maximum atomic E-state index is 13.8. The Kier molecular flexibility index (Phi) is 18.4. The summed E-state index contributed by atoms with van der Waals surface area (Å²) in [4.78, 5) is 120. The number of anilines is 6. The van der Waals surface area contributed by atoms with Gasteiger partial charge in [-0.1, -0.05) is 122 Å². The Morgan fingerprint density at radius 2 is 0.744 bits per heavy atom. The van der Waals surface area contributed by atoms with Crippen molar-refractivity contribution in [3.63, 3.8) is 0 Å². The quantitative estimate of drug-likeness (QED) is 0.0327. The Morgan fingerprint density at radius 3 is 1.22 bits per heavy atom. The van der Waals surface area contributed by atoms with Crippen LogP contribution in [0.5, 0.6) is 0 Å². The predicted molar refractivity (Wildman–Crippen MR) is 294 cm³/mol. The van der Waals surface area contributed by atoms with Gasteiger partial charge in [0.05, 0.1) is 61.8 Å². The fourth-order valence-electron chi connectivity index (χ4n) is 8.70. The Morgan fingerprint density at radius 1 is 0.372 bits per heavy atom. The van der Waals surface area contributed by atoms with Crippen LogP contribution in [0.4, 0.5) is 34.1 Å². The molecule has 0 heterocycles. The molecule has 0 unspecified atom stereocenters. The molecule has 0 aliphatic heterocycles. The number of carbonyl (C=O) groups excluding carboxylic acids is 9. The van der Waals surface area contributed by atoms with E-state index in [9.17, 15) is 43.2 Å². The first-order valence-corrected chi connectivity index (χ1v) is 25.3. The van der Waals surface area contributed by atoms with Gasteiger partial charge in [0.2, 0.25) is 11.8 Å². The van der Waals surface area contributed by atoms with Gasteiger partial charge in [0.1, 0.15) is 0 Å². The number of para-hydroxylation sites is 6. The van der Waals surface area contributed by atoms with Gasteiger partial charge in [0.25, 0.3) is 17.7 Å². The highest BCUT2D eigenvalue weighted by Crippen LogP contribution is 2.28. The van der Waals surface area contributed by atoms with E-state index >= 15 is 0 Å². The standard InChI is InChI=1S/C61H54N6O11/c68-53(36-19-37-54(69)77-59(74)44-27-10-16-33-50(44)65-56(71)41-24-7-13-30-47(41)62-38-39-20-3-1-4-21-39)63-48-31-14-8-25-42(48)57(72)66-51-34-17-11-28-45(51)60(75)78-61(76)46-29-12-18-35-52(46)67-58(73)43-26-9-15-32-49(43)64-55(70)40-22-5-2-6-23-40/h1,3-4,7-18,20-21,24-35,40,62H,2,5-6,19,22-23,36-38H2,(H,63,68)(H,64,70)(H,65,71)(H,66,72)(H,67,73). The molecule has 0 atom stereocenters. The van der Waals surface area contributed by atoms with E-state index in [1.165, 1.54) is 60.7 Å². The largest absolute Gasteiger partial charge is 0.389 e. The molecule has 394 valence electrons. The van der Waals surface area contributed by atoms with Crippen molar-refractivity contribution in [2.75, 3.05) is 31.9 Å². The number of hydrogen-bond donors (Lipinski definition) is 6. The van der Waals surface area contributed by atoms with Crippen LogP contribution in [0.25, 0.3) is 0 Å². The highest BCUT2D eigenvalue weighted by Gasteiger charge is 2.26. The molecule has 0 radical (unpaired) electrons. The minimum atomic E-state index is -1.12. The summed E-state index contributed by atoms with van der Waals surface area (Å²) in [6.07, 6.45) is 3.99. The van der Waals surface area contributed by atoms with Crippen LogP contribution < -0.4 is 31.9 Å². The highest BCUT2D eigenvalue weighted by atomic mass is 16.6. The molecule has 17 heteroatoms. The number of hydrogen-bond acceptors (Lipinski definition) is 12. The van der Waals surface area contributed by atoms with Crippen LogP contribution in [0.15, 0.2) is 176 Å². The van der Waals surface area contributed by atoms with E-state index in [4.69, 9.17) is 9.47 Å². The van der Waals surface area contributed by atoms with E-state index in [2.05, 4.69) is 31.9 Å². The van der Waals surface area contributed by atoms with Crippen molar-refractivity contribution < 1.29 is 52.6 Å². The number of amides is 5. The summed E-state index contributed by atoms with van der Waals surface area (Å²) in [5.41, 5.74) is 2.25. The summed E-state index contributed by atoms with van der Waals surface area (Å²) in [5, 5.41) is 16.9. The fourth-order valence-corrected chi connectivity index (χ4v) is 8.70. The van der Waals surface area contributed by atoms with Crippen LogP contribution in [0.2, 0.25) is 0 Å². The van der Waals surface area contributed by atoms with Gasteiger partial charge in [-0.15, -0.1) is 0 Å². The van der Waals surface area contributed by atoms with Gasteiger partial charge < -0.3 is 41.4 Å². The first kappa shape index (κ1) is 54.2. The highest BCUT2D eigenvalue weighted by molar-refractivity contribution is 6.16. The number of benzene rings is 7. The molecule has 0 spiro atoms. The predicted octanol–water partition coefficient (Wildman–Crippen LogP) is 11.1. The SMILES string of the molecule is O=C(CCCC(=O)OC(=O)c1ccccc1NC(=O)c1ccccc1NCc1ccccc1)Nc1ccccc1C(=O)Nc1ccccc1C(=O)OC(=O)c1ccccc1NC(=O)c1ccccc1NC(=O)C1CCCCC1. The van der Waals surface area contributed by atoms with Crippen molar-refractivity contribution in [2.45, 2.75) is 57.9 Å². The fraction of sp³-hybridized carbons (Fsp3) is 0.164. The van der Waals surface area contributed by atoms with Gasteiger partial charge in [-0.05, 0) is 97.6 Å². The number of esters is 4. The Hall–Kier alpha value is -10.0. The van der Waals surface area contributed by atoms with Crippen molar-refractivity contribution in [1.82, 2.24) is 0 Å². The minimum Gasteiger partial charge on any atom is -0.389 e. The van der Waals surface area contributed by atoms with Gasteiger partial charge in [-0.3, -0.25) is 28.8 Å². The normalized spacial score (nSPS) is 11.9. The third-order valence-electron chi connectivity index (χ3n) is 12.7. The van der Waals surface area contributed by atoms with Gasteiger partial charge >= 0.3 is 23.9 Å². The lowest BCUT2D eigenvalue weighted by atomic mass is 9.88. The molecule has 7 aromatic rings. The molecule has 17 nitrogen and oxygen atoms in total. The summed E-state index contributed by atoms with van der Waals surface area (Å²) >= 11 is 0. The molecule has 0 bridgehead atoms. The Bertz CT molecular complexity index is 3390. The first-order valence-electron chi connectivity index (χ1n) is 25.3. The molecule has 8 rings (SSSR count). The monoisotopic (exact) mass is 1050 g/mol. The van der Waals surface area contributed by atoms with Crippen molar-refractivity contribution in [2.24, 2.45) is 5.92 Å². The second kappa shape index (κ2) is 26.5. The molecule has 1 saturated carbocycles. The average molecular weight is 1050 g/mol. The molecular formula is C61H54N6O11. The molecule has 1 aliphatic rings. The lowest BCUT2D eigenvalue weighted by Crippen LogP contribution is -2.26. The van der Waals surface area contributed by atoms with Crippen LogP contribution in [-0.4, -0.2) is 53.4 Å². The van der Waals surface area contributed by atoms with Crippen LogP contribution in [-0.2, 0) is 30.4 Å². The Balaban J connectivity index is 0.828. The van der Waals surface area contributed by atoms with E-state index in [1.54, 1.807) is 84.9 Å². The van der Waals surface area contributed by atoms with Gasteiger partial charge in [-0.2, -0.15) is 0 Å². The maximum Gasteiger partial charge on any atom is 0.348 e. The zero-order valence-corrected chi connectivity index (χ0v) is 42.2. The zero-order valence-electron chi connectivity index (χ0n) is 42.2. The number of carbonyl (C=O) groups is 9. The molecule has 6 N–H and O–H groups in total. The number of nitrogens with one attached hydrogen (secondary N) is 6. The third-order valence-corrected chi connectivity index (χ3v) is 12.7. The van der Waals surface area contributed by atoms with E-state index in [-0.39, 0.29) is 81.7 Å². The first-order chi connectivity index (χ1) is 37.9. The van der Waals surface area contributed by atoms with E-state index < -0.39 is 47.5 Å². The molecule has 1 aliphatic carbocycles. The van der Waals surface area contributed by atoms with Crippen LogP contribution in [0.1, 0.15) is 119 Å². The summed E-state index contributed by atoms with van der Waals surface area (Å²) in [5.74, 6) is -6.85. The zero-order chi connectivity index (χ0) is 54.8. The lowest BCUT2D eigenvalue weighted by molar-refractivity contribution is -0.138. The van der Waals surface area contributed by atoms with Crippen molar-refractivity contribution in [1.29, 1.82) is 0 Å². The molecule has 1 fully saturated rings. The maximum absolute atomic E-state index is 13.8. The van der Waals surface area contributed by atoms with Crippen LogP contribution in [0.3, 0.4) is 0 Å². The van der Waals surface area contributed by atoms with Crippen LogP contribution >= 0.6 is 0 Å². The summed E-state index contributed by atoms with van der Waals surface area (Å²) in [6, 6.07) is 47.0. The molecule has 0 aromatic heterocycles. The number of rotatable bonds is 19. The average Bonchev–Trinajstić information content (AvgIpc) is 3.47. The van der Waals surface area contributed by atoms with E-state index in [0.29, 0.717) is 23.5 Å². The van der Waals surface area contributed by atoms with Crippen LogP contribution in [0, 0.1) is 5.92 Å². The summed E-state index contributed by atoms with van der Waals surface area (Å²) in [6.45, 7) is 0.471. The molecule has 0 saturated heterocycles. The second-order valence-electron chi connectivity index (χ2n) is 18.1. The van der Waals surface area contributed by atoms with Gasteiger partial charge in [0.15, 0.2) is 0 Å². The van der Waals surface area contributed by atoms with Gasteiger partial charge in [0, 0.05) is 31.0 Å². The molecule has 7 aromatic carbocycles. The molecular weight excluding hydrogens is 993 g/mol. The topological polar surface area (TPSA) is 244 Å². The molecule has 5 amide bonds. The number of ether oxygens (including phenoxy) is 2. The van der Waals surface area contributed by atoms with E-state index in [0.717, 1.165) is 37.7 Å². The Labute approximate surface area is 449 Å². The van der Waals surface area contributed by atoms with Crippen molar-refractivity contribution >= 4 is 87.5 Å². The van der Waals surface area contributed by atoms with Crippen molar-refractivity contribution in [3.05, 3.63) is 215 Å². The van der Waals surface area contributed by atoms with E-state index in [1.807, 2.05) is 30.3 Å². The van der Waals surface area contributed by atoms with Gasteiger partial charge in [-0.25, -0.2) is 14.4 Å². The summed E-state index contributed by atoms with van der Waals surface area (Å²) in [7, 11) is 0. The summed E-state index contributed by atoms with van der Waals surface area (Å²) < 4.78 is 10.4. The second-order valence-corrected chi connectivity index (χ2v) is 18.1.